The Morgan fingerprint density at radius 3 is 2.58 bits per heavy atom. The minimum atomic E-state index is -0.188. The van der Waals surface area contributed by atoms with Gasteiger partial charge in [-0.05, 0) is 62.2 Å². The van der Waals surface area contributed by atoms with E-state index in [4.69, 9.17) is 14.2 Å². The summed E-state index contributed by atoms with van der Waals surface area (Å²) in [6.07, 6.45) is 0.0637. The van der Waals surface area contributed by atoms with Crippen LogP contribution in [0.3, 0.4) is 0 Å². The zero-order valence-corrected chi connectivity index (χ0v) is 17.1. The number of rotatable bonds is 8. The smallest absolute Gasteiger partial charge is 0.258 e. The summed E-state index contributed by atoms with van der Waals surface area (Å²) in [5.74, 6) is 1.81. The second-order valence-corrected chi connectivity index (χ2v) is 6.98. The molecule has 5 nitrogen and oxygen atoms in total. The van der Waals surface area contributed by atoms with Gasteiger partial charge in [0.2, 0.25) is 0 Å². The molecular formula is C20H24BrNO4. The van der Waals surface area contributed by atoms with Crippen molar-refractivity contribution in [1.29, 1.82) is 0 Å². The van der Waals surface area contributed by atoms with Crippen molar-refractivity contribution in [3.63, 3.8) is 0 Å². The maximum Gasteiger partial charge on any atom is 0.258 e. The predicted octanol–water partition coefficient (Wildman–Crippen LogP) is 4.25. The van der Waals surface area contributed by atoms with Crippen LogP contribution in [-0.4, -0.2) is 25.7 Å². The van der Waals surface area contributed by atoms with Gasteiger partial charge in [0.1, 0.15) is 5.75 Å². The molecule has 1 amide bonds. The van der Waals surface area contributed by atoms with Crippen LogP contribution in [-0.2, 0) is 11.3 Å². The first-order valence-corrected chi connectivity index (χ1v) is 9.17. The van der Waals surface area contributed by atoms with Gasteiger partial charge in [0.15, 0.2) is 18.1 Å². The van der Waals surface area contributed by atoms with Crippen LogP contribution in [0.5, 0.6) is 17.2 Å². The summed E-state index contributed by atoms with van der Waals surface area (Å²) < 4.78 is 17.6. The van der Waals surface area contributed by atoms with Crippen LogP contribution < -0.4 is 19.5 Å². The molecule has 0 aliphatic carbocycles. The van der Waals surface area contributed by atoms with E-state index in [1.807, 2.05) is 57.2 Å². The quantitative estimate of drug-likeness (QED) is 0.691. The molecule has 0 radical (unpaired) electrons. The Hall–Kier alpha value is -2.21. The van der Waals surface area contributed by atoms with Gasteiger partial charge in [0.25, 0.3) is 5.91 Å². The molecule has 2 aromatic rings. The number of amides is 1. The van der Waals surface area contributed by atoms with E-state index < -0.39 is 0 Å². The van der Waals surface area contributed by atoms with Gasteiger partial charge in [-0.15, -0.1) is 0 Å². The molecule has 0 fully saturated rings. The zero-order chi connectivity index (χ0) is 19.1. The summed E-state index contributed by atoms with van der Waals surface area (Å²) in [7, 11) is 1.60. The largest absolute Gasteiger partial charge is 0.493 e. The maximum atomic E-state index is 12.0. The van der Waals surface area contributed by atoms with Crippen molar-refractivity contribution in [2.24, 2.45) is 0 Å². The van der Waals surface area contributed by atoms with Crippen molar-refractivity contribution < 1.29 is 19.0 Å². The Morgan fingerprint density at radius 1 is 1.15 bits per heavy atom. The third-order valence-electron chi connectivity index (χ3n) is 3.58. The van der Waals surface area contributed by atoms with Gasteiger partial charge in [-0.3, -0.25) is 4.79 Å². The lowest BCUT2D eigenvalue weighted by atomic mass is 10.2. The van der Waals surface area contributed by atoms with Crippen molar-refractivity contribution in [1.82, 2.24) is 5.32 Å². The first-order valence-electron chi connectivity index (χ1n) is 8.38. The van der Waals surface area contributed by atoms with Gasteiger partial charge < -0.3 is 19.5 Å². The lowest BCUT2D eigenvalue weighted by Gasteiger charge is -2.15. The lowest BCUT2D eigenvalue weighted by Crippen LogP contribution is -2.28. The number of hydrogen-bond donors (Lipinski definition) is 1. The first-order chi connectivity index (χ1) is 12.4. The van der Waals surface area contributed by atoms with Gasteiger partial charge >= 0.3 is 0 Å². The second kappa shape index (κ2) is 9.48. The fourth-order valence-electron chi connectivity index (χ4n) is 2.28. The summed E-state index contributed by atoms with van der Waals surface area (Å²) >= 11 is 3.44. The monoisotopic (exact) mass is 421 g/mol. The van der Waals surface area contributed by atoms with Crippen molar-refractivity contribution >= 4 is 21.8 Å². The molecule has 0 atom stereocenters. The summed E-state index contributed by atoms with van der Waals surface area (Å²) in [4.78, 5) is 12.0. The summed E-state index contributed by atoms with van der Waals surface area (Å²) in [6.45, 7) is 6.24. The van der Waals surface area contributed by atoms with Crippen LogP contribution in [0.1, 0.15) is 25.0 Å². The van der Waals surface area contributed by atoms with Crippen molar-refractivity contribution in [2.75, 3.05) is 13.7 Å². The Kier molecular flexibility index (Phi) is 7.33. The molecular weight excluding hydrogens is 398 g/mol. The summed E-state index contributed by atoms with van der Waals surface area (Å²) in [5.41, 5.74) is 1.98. The van der Waals surface area contributed by atoms with Crippen LogP contribution in [0, 0.1) is 6.92 Å². The molecule has 0 heterocycles. The topological polar surface area (TPSA) is 56.8 Å². The van der Waals surface area contributed by atoms with E-state index in [0.29, 0.717) is 23.8 Å². The van der Waals surface area contributed by atoms with Crippen molar-refractivity contribution in [3.8, 4) is 17.2 Å². The van der Waals surface area contributed by atoms with E-state index in [1.165, 1.54) is 0 Å². The van der Waals surface area contributed by atoms with Crippen LogP contribution >= 0.6 is 15.9 Å². The molecule has 1 N–H and O–H groups in total. The van der Waals surface area contributed by atoms with Crippen molar-refractivity contribution in [3.05, 3.63) is 52.0 Å². The first kappa shape index (κ1) is 20.1. The minimum Gasteiger partial charge on any atom is -0.493 e. The average molecular weight is 422 g/mol. The number of benzene rings is 2. The van der Waals surface area contributed by atoms with E-state index in [9.17, 15) is 4.79 Å². The highest BCUT2D eigenvalue weighted by molar-refractivity contribution is 9.10. The number of hydrogen-bond acceptors (Lipinski definition) is 4. The molecule has 2 rings (SSSR count). The number of carbonyl (C=O) groups excluding carboxylic acids is 1. The Morgan fingerprint density at radius 2 is 1.92 bits per heavy atom. The zero-order valence-electron chi connectivity index (χ0n) is 15.5. The molecule has 0 bridgehead atoms. The van der Waals surface area contributed by atoms with Gasteiger partial charge in [-0.1, -0.05) is 22.0 Å². The van der Waals surface area contributed by atoms with E-state index in [-0.39, 0.29) is 18.6 Å². The molecule has 26 heavy (non-hydrogen) atoms. The van der Waals surface area contributed by atoms with E-state index in [1.54, 1.807) is 7.11 Å². The van der Waals surface area contributed by atoms with Gasteiger partial charge in [-0.25, -0.2) is 0 Å². The fraction of sp³-hybridized carbons (Fsp3) is 0.350. The maximum absolute atomic E-state index is 12.0. The van der Waals surface area contributed by atoms with Crippen LogP contribution in [0.25, 0.3) is 0 Å². The lowest BCUT2D eigenvalue weighted by molar-refractivity contribution is -0.123. The Balaban J connectivity index is 1.87. The molecule has 6 heteroatoms. The molecule has 2 aromatic carbocycles. The number of nitrogens with one attached hydrogen (secondary N) is 1. The summed E-state index contributed by atoms with van der Waals surface area (Å²) in [5, 5.41) is 2.84. The SMILES string of the molecule is COc1cc(CNC(=O)COc2ccc(Br)c(C)c2)ccc1OC(C)C. The van der Waals surface area contributed by atoms with E-state index in [2.05, 4.69) is 21.2 Å². The van der Waals surface area contributed by atoms with Crippen LogP contribution in [0.15, 0.2) is 40.9 Å². The van der Waals surface area contributed by atoms with E-state index in [0.717, 1.165) is 15.6 Å². The van der Waals surface area contributed by atoms with Crippen LogP contribution in [0.2, 0.25) is 0 Å². The third-order valence-corrected chi connectivity index (χ3v) is 4.47. The van der Waals surface area contributed by atoms with Gasteiger partial charge in [0, 0.05) is 11.0 Å². The highest BCUT2D eigenvalue weighted by Gasteiger charge is 2.09. The highest BCUT2D eigenvalue weighted by Crippen LogP contribution is 2.29. The molecule has 0 saturated heterocycles. The fourth-order valence-corrected chi connectivity index (χ4v) is 2.53. The number of aryl methyl sites for hydroxylation is 1. The second-order valence-electron chi connectivity index (χ2n) is 6.13. The van der Waals surface area contributed by atoms with E-state index >= 15 is 0 Å². The number of halogens is 1. The molecule has 0 aromatic heterocycles. The minimum absolute atomic E-state index is 0.0350. The average Bonchev–Trinajstić information content (AvgIpc) is 2.61. The predicted molar refractivity (Wildman–Crippen MR) is 105 cm³/mol. The summed E-state index contributed by atoms with van der Waals surface area (Å²) in [6, 6.07) is 11.2. The standard InChI is InChI=1S/C20H24BrNO4/c1-13(2)26-18-8-5-15(10-19(18)24-4)11-22-20(23)12-25-16-6-7-17(21)14(3)9-16/h5-10,13H,11-12H2,1-4H3,(H,22,23). The number of ether oxygens (including phenoxy) is 3. The Labute approximate surface area is 162 Å². The molecule has 0 aliphatic heterocycles. The van der Waals surface area contributed by atoms with Gasteiger partial charge in [0.05, 0.1) is 13.2 Å². The molecule has 0 unspecified atom stereocenters. The number of carbonyl (C=O) groups is 1. The number of methoxy groups -OCH3 is 1. The van der Waals surface area contributed by atoms with Gasteiger partial charge in [-0.2, -0.15) is 0 Å². The molecule has 0 saturated carbocycles. The normalized spacial score (nSPS) is 10.5. The Bertz CT molecular complexity index is 761. The molecule has 0 aliphatic rings. The molecule has 140 valence electrons. The third kappa shape index (κ3) is 5.95. The van der Waals surface area contributed by atoms with Crippen molar-refractivity contribution in [2.45, 2.75) is 33.4 Å². The van der Waals surface area contributed by atoms with Crippen LogP contribution in [0.4, 0.5) is 0 Å². The highest BCUT2D eigenvalue weighted by atomic mass is 79.9. The molecule has 0 spiro atoms.